The minimum atomic E-state index is -0.467. The first-order valence-corrected chi connectivity index (χ1v) is 16.0. The van der Waals surface area contributed by atoms with Gasteiger partial charge in [-0.3, -0.25) is 9.69 Å². The average Bonchev–Trinajstić information content (AvgIpc) is 3.52. The number of carbonyl (C=O) groups excluding carboxylic acids is 2. The molecular weight excluding hydrogens is 599 g/mol. The molecule has 0 atom stereocenters. The molecule has 0 aromatic carbocycles. The molecule has 0 saturated carbocycles. The zero-order valence-corrected chi connectivity index (χ0v) is 27.2. The molecule has 2 N–H and O–H groups in total. The summed E-state index contributed by atoms with van der Waals surface area (Å²) in [5.74, 6) is 1.95. The normalized spacial score (nSPS) is 19.3. The molecule has 47 heavy (non-hydrogen) atoms. The average molecular weight is 639 g/mol. The minimum absolute atomic E-state index is 0.0429. The zero-order chi connectivity index (χ0) is 33.0. The van der Waals surface area contributed by atoms with Crippen molar-refractivity contribution < 1.29 is 19.1 Å². The second-order valence-corrected chi connectivity index (χ2v) is 13.6. The number of likely N-dealkylation sites (N-methyl/N-ethyl adjacent to an activating group) is 2. The molecule has 0 spiro atoms. The predicted octanol–water partition coefficient (Wildman–Crippen LogP) is 3.44. The molecule has 3 aliphatic heterocycles. The fourth-order valence-corrected chi connectivity index (χ4v) is 7.23. The Labute approximate surface area is 273 Å². The molecule has 1 aliphatic carbocycles. The molecule has 1 amide bonds. The van der Waals surface area contributed by atoms with Crippen LogP contribution in [0.3, 0.4) is 0 Å². The van der Waals surface area contributed by atoms with Crippen LogP contribution < -0.4 is 15.1 Å². The van der Waals surface area contributed by atoms with E-state index in [0.29, 0.717) is 53.3 Å². The van der Waals surface area contributed by atoms with E-state index in [-0.39, 0.29) is 22.6 Å². The number of piperazine rings is 1. The summed E-state index contributed by atoms with van der Waals surface area (Å²) >= 11 is 0. The number of pyridine rings is 2. The highest BCUT2D eigenvalue weighted by molar-refractivity contribution is 6.06. The number of allylic oxidation sites excluding steroid dienone is 2. The molecule has 1 saturated heterocycles. The highest BCUT2D eigenvalue weighted by Gasteiger charge is 2.41. The Balaban J connectivity index is 1.18. The van der Waals surface area contributed by atoms with Crippen molar-refractivity contribution in [2.24, 2.45) is 5.41 Å². The maximum absolute atomic E-state index is 15.7. The van der Waals surface area contributed by atoms with E-state index in [4.69, 9.17) is 0 Å². The summed E-state index contributed by atoms with van der Waals surface area (Å²) in [6.45, 7) is 8.40. The van der Waals surface area contributed by atoms with Gasteiger partial charge in [0, 0.05) is 81.1 Å². The fraction of sp³-hybridized carbons (Fsp3) is 0.400. The monoisotopic (exact) mass is 638 g/mol. The van der Waals surface area contributed by atoms with Crippen LogP contribution in [0.25, 0.3) is 5.57 Å². The third kappa shape index (κ3) is 5.42. The van der Waals surface area contributed by atoms with E-state index >= 15 is 4.39 Å². The number of carbonyl (C=O) groups is 1. The maximum atomic E-state index is 15.7. The number of anilines is 3. The van der Waals surface area contributed by atoms with Gasteiger partial charge < -0.3 is 29.7 Å². The molecule has 1 fully saturated rings. The number of hydrogen-bond donors (Lipinski definition) is 2. The van der Waals surface area contributed by atoms with Gasteiger partial charge in [-0.25, -0.2) is 19.2 Å². The van der Waals surface area contributed by atoms with Gasteiger partial charge in [0.25, 0.3) is 5.91 Å². The zero-order valence-electron chi connectivity index (χ0n) is 27.2. The van der Waals surface area contributed by atoms with Crippen molar-refractivity contribution in [3.8, 4) is 0 Å². The van der Waals surface area contributed by atoms with Crippen LogP contribution >= 0.6 is 0 Å². The number of nitrogens with one attached hydrogen (secondary N) is 1. The third-order valence-electron chi connectivity index (χ3n) is 9.69. The lowest BCUT2D eigenvalue weighted by molar-refractivity contribution is 0.0957. The summed E-state index contributed by atoms with van der Waals surface area (Å²) in [6, 6.07) is 5.65. The van der Waals surface area contributed by atoms with E-state index < -0.39 is 18.3 Å². The summed E-state index contributed by atoms with van der Waals surface area (Å²) in [4.78, 5) is 42.7. The first-order valence-electron chi connectivity index (χ1n) is 16.0. The van der Waals surface area contributed by atoms with Crippen molar-refractivity contribution in [2.75, 3.05) is 61.9 Å². The Hall–Kier alpha value is -4.77. The van der Waals surface area contributed by atoms with Gasteiger partial charge in [-0.2, -0.15) is 0 Å². The van der Waals surface area contributed by atoms with Crippen molar-refractivity contribution >= 4 is 34.7 Å². The second kappa shape index (κ2) is 11.8. The predicted molar refractivity (Wildman–Crippen MR) is 178 cm³/mol. The summed E-state index contributed by atoms with van der Waals surface area (Å²) in [5, 5.41) is 13.9. The first kappa shape index (κ1) is 30.9. The smallest absolute Gasteiger partial charge is 0.279 e. The molecule has 12 heteroatoms. The van der Waals surface area contributed by atoms with Gasteiger partial charge in [-0.05, 0) is 55.1 Å². The van der Waals surface area contributed by atoms with Crippen LogP contribution in [-0.4, -0.2) is 88.1 Å². The van der Waals surface area contributed by atoms with Crippen LogP contribution in [0.15, 0.2) is 54.3 Å². The van der Waals surface area contributed by atoms with Crippen molar-refractivity contribution in [1.29, 1.82) is 0 Å². The lowest BCUT2D eigenvalue weighted by atomic mass is 9.90. The molecule has 0 unspecified atom stereocenters. The molecule has 244 valence electrons. The van der Waals surface area contributed by atoms with Gasteiger partial charge in [0.05, 0.1) is 24.2 Å². The van der Waals surface area contributed by atoms with E-state index in [1.165, 1.54) is 4.90 Å². The number of aliphatic hydroxyl groups excluding tert-OH is 1. The molecule has 11 nitrogen and oxygen atoms in total. The summed E-state index contributed by atoms with van der Waals surface area (Å²) < 4.78 is 17.5. The fourth-order valence-electron chi connectivity index (χ4n) is 7.23. The van der Waals surface area contributed by atoms with Crippen LogP contribution in [0, 0.1) is 11.2 Å². The Morgan fingerprint density at radius 3 is 2.53 bits per heavy atom. The molecule has 0 radical (unpaired) electrons. The van der Waals surface area contributed by atoms with E-state index in [0.717, 1.165) is 44.0 Å². The number of halogens is 1. The van der Waals surface area contributed by atoms with E-state index in [9.17, 15) is 14.7 Å². The lowest BCUT2D eigenvalue weighted by Crippen LogP contribution is -2.44. The largest absolute Gasteiger partial charge is 0.392 e. The van der Waals surface area contributed by atoms with E-state index in [1.54, 1.807) is 36.5 Å². The van der Waals surface area contributed by atoms with Crippen molar-refractivity contribution in [3.63, 3.8) is 0 Å². The second-order valence-electron chi connectivity index (χ2n) is 13.6. The number of hydrogen-bond acceptors (Lipinski definition) is 9. The van der Waals surface area contributed by atoms with E-state index in [1.807, 2.05) is 28.8 Å². The van der Waals surface area contributed by atoms with Crippen molar-refractivity contribution in [1.82, 2.24) is 24.3 Å². The molecule has 7 rings (SSSR count). The molecule has 6 heterocycles. The topological polar surface area (TPSA) is 110 Å². The van der Waals surface area contributed by atoms with Gasteiger partial charge in [0.2, 0.25) is 0 Å². The van der Waals surface area contributed by atoms with Crippen LogP contribution in [-0.2, 0) is 30.8 Å². The first-order chi connectivity index (χ1) is 22.6. The van der Waals surface area contributed by atoms with Crippen molar-refractivity contribution in [2.45, 2.75) is 39.8 Å². The maximum Gasteiger partial charge on any atom is 0.279 e. The minimum Gasteiger partial charge on any atom is -0.392 e. The third-order valence-corrected chi connectivity index (χ3v) is 9.69. The molecule has 3 aromatic rings. The number of amides is 1. The lowest BCUT2D eigenvalue weighted by Gasteiger charge is -2.33. The number of nitrogens with zero attached hydrogens (tertiary/aromatic N) is 7. The number of aliphatic hydroxyl groups is 1. The molecule has 4 aliphatic rings. The van der Waals surface area contributed by atoms with Gasteiger partial charge >= 0.3 is 0 Å². The van der Waals surface area contributed by atoms with Gasteiger partial charge in [0.1, 0.15) is 23.0 Å². The molecule has 0 bridgehead atoms. The summed E-state index contributed by atoms with van der Waals surface area (Å²) in [5.41, 5.74) is 5.09. The molecular formula is C35H39FN8O3. The Bertz CT molecular complexity index is 1860. The summed E-state index contributed by atoms with van der Waals surface area (Å²) in [6.07, 6.45) is 8.28. The van der Waals surface area contributed by atoms with Crippen molar-refractivity contribution in [3.05, 3.63) is 88.2 Å². The highest BCUT2D eigenvalue weighted by Crippen LogP contribution is 2.42. The standard InChI is InChI=1S/C35H39FN8O3/c1-35(2)16-25-28(17-35)43-13-14-44(34(47)32(43)31(25)36)33-26(20-45)24(7-8-37-33)22-15-27(29(21-46)41(4)19-22)39-30-6-5-23(18-38-30)42-11-9-40(3)10-12-42/h5-8,15,18-19,45H,9-14,16-17,20H2,1-4H3,(H,38,39). The van der Waals surface area contributed by atoms with Gasteiger partial charge in [0.15, 0.2) is 11.8 Å². The van der Waals surface area contributed by atoms with Crippen LogP contribution in [0.4, 0.5) is 21.7 Å². The van der Waals surface area contributed by atoms with E-state index in [2.05, 4.69) is 46.0 Å². The highest BCUT2D eigenvalue weighted by atomic mass is 19.1. The Morgan fingerprint density at radius 1 is 1.04 bits per heavy atom. The SMILES string of the molecule is CN1CCN(c2ccc(NC3=CC(c4ccnc(N5CCn6c7c(c(F)c6C5=O)CC(C)(C)C7)c4CO)=CN(C)C3=C=O)nc2)CC1. The van der Waals surface area contributed by atoms with Crippen LogP contribution in [0.5, 0.6) is 0 Å². The number of fused-ring (bicyclic) bond motifs is 3. The Morgan fingerprint density at radius 2 is 1.83 bits per heavy atom. The number of aromatic nitrogens is 3. The number of rotatable bonds is 6. The quantitative estimate of drug-likeness (QED) is 0.393. The Kier molecular flexibility index (Phi) is 7.74. The van der Waals surface area contributed by atoms with Crippen LogP contribution in [0.2, 0.25) is 0 Å². The van der Waals surface area contributed by atoms with Gasteiger partial charge in [-0.1, -0.05) is 13.8 Å². The van der Waals surface area contributed by atoms with Crippen LogP contribution in [0.1, 0.15) is 46.7 Å². The summed E-state index contributed by atoms with van der Waals surface area (Å²) in [7, 11) is 3.86. The molecule has 3 aromatic heterocycles. The van der Waals surface area contributed by atoms with Gasteiger partial charge in [-0.15, -0.1) is 0 Å².